The van der Waals surface area contributed by atoms with Crippen LogP contribution in [0, 0.1) is 13.8 Å². The lowest BCUT2D eigenvalue weighted by atomic mass is 9.87. The Balaban J connectivity index is 1.41. The van der Waals surface area contributed by atoms with Crippen molar-refractivity contribution in [2.24, 2.45) is 0 Å². The maximum Gasteiger partial charge on any atom is 0.325 e. The van der Waals surface area contributed by atoms with Gasteiger partial charge in [0.1, 0.15) is 16.9 Å². The summed E-state index contributed by atoms with van der Waals surface area (Å²) in [6.45, 7) is 4.82. The van der Waals surface area contributed by atoms with Crippen molar-refractivity contribution in [1.29, 1.82) is 0 Å². The van der Waals surface area contributed by atoms with E-state index in [1.54, 1.807) is 50.2 Å². The first-order valence-corrected chi connectivity index (χ1v) is 11.1. The van der Waals surface area contributed by atoms with E-state index in [0.29, 0.717) is 40.4 Å². The number of urea groups is 2. The minimum Gasteiger partial charge on any atom is -0.359 e. The van der Waals surface area contributed by atoms with Crippen LogP contribution in [-0.4, -0.2) is 40.4 Å². The third-order valence-corrected chi connectivity index (χ3v) is 6.01. The number of amides is 5. The number of Topliss-reactive ketones (excluding diaryl/α,β-unsaturated/α-hetero) is 1. The average molecular weight is 476 g/mol. The summed E-state index contributed by atoms with van der Waals surface area (Å²) in [7, 11) is 0. The molecular formula is C25H25N5O5. The summed E-state index contributed by atoms with van der Waals surface area (Å²) >= 11 is 0. The second kappa shape index (κ2) is 9.41. The monoisotopic (exact) mass is 475 g/mol. The molecule has 3 N–H and O–H groups in total. The molecule has 1 saturated heterocycles. The van der Waals surface area contributed by atoms with Gasteiger partial charge < -0.3 is 20.5 Å². The molecule has 4 rings (SSSR count). The lowest BCUT2D eigenvalue weighted by Gasteiger charge is -2.25. The Hall–Kier alpha value is -4.47. The van der Waals surface area contributed by atoms with Crippen molar-refractivity contribution in [1.82, 2.24) is 15.4 Å². The molecule has 180 valence electrons. The number of imide groups is 1. The number of nitrogens with one attached hydrogen (secondary N) is 3. The van der Waals surface area contributed by atoms with Gasteiger partial charge in [-0.05, 0) is 50.1 Å². The number of carbonyl (C=O) groups excluding carboxylic acids is 4. The molecule has 3 aromatic rings. The van der Waals surface area contributed by atoms with E-state index in [0.717, 1.165) is 4.90 Å². The molecule has 1 atom stereocenters. The Kier molecular flexibility index (Phi) is 6.37. The molecule has 0 spiro atoms. The first-order valence-electron chi connectivity index (χ1n) is 11.1. The topological polar surface area (TPSA) is 134 Å². The number of ketones is 1. The van der Waals surface area contributed by atoms with Gasteiger partial charge >= 0.3 is 12.1 Å². The lowest BCUT2D eigenvalue weighted by Crippen LogP contribution is -2.43. The summed E-state index contributed by atoms with van der Waals surface area (Å²) in [4.78, 5) is 51.9. The number of aromatic nitrogens is 1. The van der Waals surface area contributed by atoms with E-state index >= 15 is 0 Å². The minimum atomic E-state index is -1.19. The van der Waals surface area contributed by atoms with Crippen LogP contribution in [0.25, 0.3) is 0 Å². The van der Waals surface area contributed by atoms with Crippen LogP contribution < -0.4 is 16.0 Å². The molecule has 1 unspecified atom stereocenters. The van der Waals surface area contributed by atoms with E-state index in [9.17, 15) is 19.2 Å². The number of hydrogen-bond acceptors (Lipinski definition) is 6. The fourth-order valence-electron chi connectivity index (χ4n) is 4.04. The van der Waals surface area contributed by atoms with Crippen molar-refractivity contribution >= 4 is 35.1 Å². The highest BCUT2D eigenvalue weighted by atomic mass is 16.5. The van der Waals surface area contributed by atoms with Crippen molar-refractivity contribution in [3.8, 4) is 0 Å². The molecule has 0 saturated carbocycles. The SMILES string of the molecule is CCC1(c2ccccc2)NC(=O)N(CC(=O)c2ccc(NC(=O)Nc3c(C)noc3C)cc2)C1=O. The standard InChI is InChI=1S/C25H25N5O5/c1-4-25(18-8-6-5-7-9-18)22(32)30(24(34)28-25)14-20(31)17-10-12-19(13-11-17)26-23(33)27-21-15(2)29-35-16(21)3/h5-13H,4,14H2,1-3H3,(H,28,34)(H2,26,27,33). The molecule has 10 nitrogen and oxygen atoms in total. The van der Waals surface area contributed by atoms with Crippen LogP contribution in [0.5, 0.6) is 0 Å². The van der Waals surface area contributed by atoms with Crippen molar-refractivity contribution in [2.75, 3.05) is 17.2 Å². The van der Waals surface area contributed by atoms with E-state index in [1.165, 1.54) is 12.1 Å². The van der Waals surface area contributed by atoms with Crippen molar-refractivity contribution in [2.45, 2.75) is 32.7 Å². The Morgan fingerprint density at radius 2 is 1.71 bits per heavy atom. The van der Waals surface area contributed by atoms with Crippen molar-refractivity contribution < 1.29 is 23.7 Å². The van der Waals surface area contributed by atoms with Crippen LogP contribution >= 0.6 is 0 Å². The number of carbonyl (C=O) groups is 4. The number of anilines is 2. The number of aryl methyl sites for hydroxylation is 2. The molecule has 0 aliphatic carbocycles. The third-order valence-electron chi connectivity index (χ3n) is 6.01. The molecule has 1 aromatic heterocycles. The van der Waals surface area contributed by atoms with Gasteiger partial charge in [-0.3, -0.25) is 14.5 Å². The molecule has 1 fully saturated rings. The summed E-state index contributed by atoms with van der Waals surface area (Å²) in [5.74, 6) is -0.377. The molecule has 1 aliphatic heterocycles. The highest BCUT2D eigenvalue weighted by molar-refractivity contribution is 6.11. The highest BCUT2D eigenvalue weighted by Gasteiger charge is 2.51. The summed E-state index contributed by atoms with van der Waals surface area (Å²) in [6, 6.07) is 14.0. The molecule has 0 radical (unpaired) electrons. The predicted molar refractivity (Wildman–Crippen MR) is 128 cm³/mol. The number of hydrogen-bond donors (Lipinski definition) is 3. The van der Waals surface area contributed by atoms with E-state index in [1.807, 2.05) is 13.0 Å². The fourth-order valence-corrected chi connectivity index (χ4v) is 4.04. The van der Waals surface area contributed by atoms with Crippen LogP contribution in [0.1, 0.15) is 40.7 Å². The fraction of sp³-hybridized carbons (Fsp3) is 0.240. The van der Waals surface area contributed by atoms with E-state index in [2.05, 4.69) is 21.1 Å². The zero-order valence-corrected chi connectivity index (χ0v) is 19.5. The first-order chi connectivity index (χ1) is 16.7. The van der Waals surface area contributed by atoms with Gasteiger partial charge in [0.2, 0.25) is 0 Å². The maximum atomic E-state index is 13.2. The minimum absolute atomic E-state index is 0.302. The van der Waals surface area contributed by atoms with Gasteiger partial charge in [0.05, 0.1) is 6.54 Å². The molecule has 10 heteroatoms. The number of nitrogens with zero attached hydrogens (tertiary/aromatic N) is 2. The third kappa shape index (κ3) is 4.50. The second-order valence-corrected chi connectivity index (χ2v) is 8.23. The molecular weight excluding hydrogens is 450 g/mol. The Bertz CT molecular complexity index is 1270. The van der Waals surface area contributed by atoms with Gasteiger partial charge in [-0.1, -0.05) is 42.4 Å². The van der Waals surface area contributed by atoms with E-state index in [4.69, 9.17) is 4.52 Å². The van der Waals surface area contributed by atoms with Gasteiger partial charge in [0.25, 0.3) is 5.91 Å². The molecule has 0 bridgehead atoms. The summed E-state index contributed by atoms with van der Waals surface area (Å²) in [5, 5.41) is 11.9. The van der Waals surface area contributed by atoms with Crippen LogP contribution in [0.2, 0.25) is 0 Å². The largest absolute Gasteiger partial charge is 0.359 e. The zero-order chi connectivity index (χ0) is 25.2. The summed E-state index contributed by atoms with van der Waals surface area (Å²) in [5.41, 5.74) is 1.27. The van der Waals surface area contributed by atoms with Crippen molar-refractivity contribution in [3.63, 3.8) is 0 Å². The highest BCUT2D eigenvalue weighted by Crippen LogP contribution is 2.32. The van der Waals surface area contributed by atoms with Crippen LogP contribution in [0.15, 0.2) is 59.1 Å². The quantitative estimate of drug-likeness (QED) is 0.350. The van der Waals surface area contributed by atoms with Crippen molar-refractivity contribution in [3.05, 3.63) is 77.2 Å². The number of benzene rings is 2. The zero-order valence-electron chi connectivity index (χ0n) is 19.5. The molecule has 2 heterocycles. The average Bonchev–Trinajstić information content (AvgIpc) is 3.30. The number of rotatable bonds is 7. The van der Waals surface area contributed by atoms with Gasteiger partial charge in [-0.15, -0.1) is 0 Å². The van der Waals surface area contributed by atoms with Crippen LogP contribution in [-0.2, 0) is 10.3 Å². The van der Waals surface area contributed by atoms with Gasteiger partial charge in [-0.25, -0.2) is 9.59 Å². The Morgan fingerprint density at radius 1 is 1.03 bits per heavy atom. The van der Waals surface area contributed by atoms with Crippen LogP contribution in [0.4, 0.5) is 21.0 Å². The predicted octanol–water partition coefficient (Wildman–Crippen LogP) is 3.98. The normalized spacial score (nSPS) is 17.3. The molecule has 1 aliphatic rings. The second-order valence-electron chi connectivity index (χ2n) is 8.23. The first kappa shape index (κ1) is 23.7. The Morgan fingerprint density at radius 3 is 2.31 bits per heavy atom. The lowest BCUT2D eigenvalue weighted by molar-refractivity contribution is -0.131. The maximum absolute atomic E-state index is 13.2. The summed E-state index contributed by atoms with van der Waals surface area (Å²) in [6.07, 6.45) is 0.350. The molecule has 35 heavy (non-hydrogen) atoms. The van der Waals surface area contributed by atoms with E-state index < -0.39 is 35.8 Å². The summed E-state index contributed by atoms with van der Waals surface area (Å²) < 4.78 is 5.02. The molecule has 2 aromatic carbocycles. The smallest absolute Gasteiger partial charge is 0.325 e. The molecule has 5 amide bonds. The van der Waals surface area contributed by atoms with Crippen LogP contribution in [0.3, 0.4) is 0 Å². The van der Waals surface area contributed by atoms with Gasteiger partial charge in [0.15, 0.2) is 11.5 Å². The Labute approximate surface area is 201 Å². The van der Waals surface area contributed by atoms with E-state index in [-0.39, 0.29) is 0 Å². The van der Waals surface area contributed by atoms with Gasteiger partial charge in [-0.2, -0.15) is 0 Å². The van der Waals surface area contributed by atoms with Gasteiger partial charge in [0, 0.05) is 11.3 Å².